The summed E-state index contributed by atoms with van der Waals surface area (Å²) >= 11 is 12.3. The molecule has 2 N–H and O–H groups in total. The summed E-state index contributed by atoms with van der Waals surface area (Å²) in [6.45, 7) is 0.346. The van der Waals surface area contributed by atoms with Crippen molar-refractivity contribution in [3.8, 4) is 5.75 Å². The van der Waals surface area contributed by atoms with Crippen LogP contribution in [-0.2, 0) is 18.6 Å². The summed E-state index contributed by atoms with van der Waals surface area (Å²) in [7, 11) is 1.61. The molecular formula is C19H19Cl2N3O5. The zero-order valence-corrected chi connectivity index (χ0v) is 16.9. The Morgan fingerprint density at radius 1 is 1.24 bits per heavy atom. The van der Waals surface area contributed by atoms with Crippen LogP contribution in [0.5, 0.6) is 5.75 Å². The molecule has 0 spiro atoms. The molecule has 3 rings (SSSR count). The highest BCUT2D eigenvalue weighted by Crippen LogP contribution is 2.32. The van der Waals surface area contributed by atoms with Crippen LogP contribution in [0.3, 0.4) is 0 Å². The maximum Gasteiger partial charge on any atom is 0.291 e. The fourth-order valence-corrected chi connectivity index (χ4v) is 3.29. The molecule has 0 aliphatic carbocycles. The molecule has 0 aliphatic rings. The Balaban J connectivity index is 0.000000687. The lowest BCUT2D eigenvalue weighted by atomic mass is 9.87. The lowest BCUT2D eigenvalue weighted by molar-refractivity contribution is -0.742. The number of methoxy groups -OCH3 is 1. The van der Waals surface area contributed by atoms with Crippen LogP contribution in [0.25, 0.3) is 0 Å². The van der Waals surface area contributed by atoms with Crippen molar-refractivity contribution >= 4 is 23.2 Å². The number of benzene rings is 2. The molecule has 2 aromatic carbocycles. The zero-order valence-electron chi connectivity index (χ0n) is 15.4. The first-order valence-electron chi connectivity index (χ1n) is 8.33. The van der Waals surface area contributed by atoms with Gasteiger partial charge < -0.3 is 19.6 Å². The van der Waals surface area contributed by atoms with Crippen molar-refractivity contribution in [3.63, 3.8) is 0 Å². The predicted molar refractivity (Wildman–Crippen MR) is 108 cm³/mol. The topological polar surface area (TPSA) is 111 Å². The standard InChI is InChI=1S/C19H18Cl2N2O2.HNO3/c1-25-17-6-3-15(4-7-17)19(24,12-23-9-8-22-13-23)11-14-2-5-16(20)10-18(14)21;2-1(3)4/h2-10,13,24H,11-12H2,1H3;(H,2,3,4). The number of aliphatic hydroxyl groups is 1. The Bertz CT molecular complexity index is 932. The first-order valence-corrected chi connectivity index (χ1v) is 9.09. The lowest BCUT2D eigenvalue weighted by Crippen LogP contribution is -2.33. The van der Waals surface area contributed by atoms with Gasteiger partial charge in [-0.1, -0.05) is 41.4 Å². The van der Waals surface area contributed by atoms with Crippen molar-refractivity contribution < 1.29 is 20.1 Å². The molecule has 1 atom stereocenters. The minimum atomic E-state index is -1.50. The molecule has 3 aromatic rings. The molecule has 0 saturated carbocycles. The van der Waals surface area contributed by atoms with Crippen molar-refractivity contribution in [3.05, 3.63) is 92.5 Å². The van der Waals surface area contributed by atoms with Crippen LogP contribution in [0.4, 0.5) is 0 Å². The molecule has 29 heavy (non-hydrogen) atoms. The zero-order chi connectivity index (χ0) is 21.4. The van der Waals surface area contributed by atoms with Gasteiger partial charge in [0.15, 0.2) is 0 Å². The Kier molecular flexibility index (Phi) is 7.83. The number of ether oxygens (including phenoxy) is 1. The maximum atomic E-state index is 11.5. The summed E-state index contributed by atoms with van der Waals surface area (Å²) < 4.78 is 7.05. The molecule has 1 unspecified atom stereocenters. The minimum absolute atomic E-state index is 0.341. The molecule has 0 fully saturated rings. The van der Waals surface area contributed by atoms with Gasteiger partial charge in [0.25, 0.3) is 5.09 Å². The van der Waals surface area contributed by atoms with Gasteiger partial charge in [0.1, 0.15) is 11.4 Å². The maximum absolute atomic E-state index is 11.5. The third-order valence-corrected chi connectivity index (χ3v) is 4.72. The van der Waals surface area contributed by atoms with Crippen LogP contribution in [-0.4, -0.2) is 32.1 Å². The van der Waals surface area contributed by atoms with E-state index in [1.165, 1.54) is 0 Å². The Hall–Kier alpha value is -2.81. The molecule has 0 radical (unpaired) electrons. The largest absolute Gasteiger partial charge is 0.497 e. The van der Waals surface area contributed by atoms with Gasteiger partial charge in [0.2, 0.25) is 0 Å². The molecule has 8 nitrogen and oxygen atoms in total. The van der Waals surface area contributed by atoms with Gasteiger partial charge in [0.05, 0.1) is 20.0 Å². The van der Waals surface area contributed by atoms with E-state index in [1.54, 1.807) is 31.8 Å². The summed E-state index contributed by atoms with van der Waals surface area (Å²) in [4.78, 5) is 12.4. The van der Waals surface area contributed by atoms with E-state index in [0.717, 1.165) is 16.9 Å². The van der Waals surface area contributed by atoms with Gasteiger partial charge in [-0.2, -0.15) is 0 Å². The quantitative estimate of drug-likeness (QED) is 0.443. The molecule has 0 amide bonds. The molecule has 10 heteroatoms. The predicted octanol–water partition coefficient (Wildman–Crippen LogP) is 3.98. The SMILES string of the molecule is COc1ccc(C(O)(Cc2ccc(Cl)cc2Cl)Cn2ccnc2)cc1.O=[N+]([O-])O. The van der Waals surface area contributed by atoms with E-state index < -0.39 is 10.7 Å². The highest BCUT2D eigenvalue weighted by molar-refractivity contribution is 6.35. The normalized spacial score (nSPS) is 12.4. The second-order valence-electron chi connectivity index (χ2n) is 6.15. The number of imidazole rings is 1. The summed E-state index contributed by atoms with van der Waals surface area (Å²) in [6.07, 6.45) is 5.52. The van der Waals surface area contributed by atoms with E-state index in [9.17, 15) is 5.11 Å². The Morgan fingerprint density at radius 2 is 1.90 bits per heavy atom. The summed E-state index contributed by atoms with van der Waals surface area (Å²) in [5.41, 5.74) is 0.433. The van der Waals surface area contributed by atoms with Crippen LogP contribution in [0.15, 0.2) is 61.2 Å². The van der Waals surface area contributed by atoms with Crippen LogP contribution in [0.2, 0.25) is 10.0 Å². The van der Waals surface area contributed by atoms with Crippen molar-refractivity contribution in [2.75, 3.05) is 7.11 Å². The first-order chi connectivity index (χ1) is 13.7. The fraction of sp³-hybridized carbons (Fsp3) is 0.211. The highest BCUT2D eigenvalue weighted by atomic mass is 35.5. The third-order valence-electron chi connectivity index (χ3n) is 4.13. The van der Waals surface area contributed by atoms with Gasteiger partial charge >= 0.3 is 0 Å². The second kappa shape index (κ2) is 10.1. The van der Waals surface area contributed by atoms with E-state index in [1.807, 2.05) is 41.1 Å². The third kappa shape index (κ3) is 6.63. The smallest absolute Gasteiger partial charge is 0.291 e. The molecule has 0 bridgehead atoms. The first kappa shape index (κ1) is 22.5. The van der Waals surface area contributed by atoms with Gasteiger partial charge in [0, 0.05) is 28.9 Å². The fourth-order valence-electron chi connectivity index (χ4n) is 2.81. The average Bonchev–Trinajstić information content (AvgIpc) is 3.16. The van der Waals surface area contributed by atoms with Crippen LogP contribution < -0.4 is 4.74 Å². The molecular weight excluding hydrogens is 421 g/mol. The second-order valence-corrected chi connectivity index (χ2v) is 6.99. The van der Waals surface area contributed by atoms with Gasteiger partial charge in [-0.3, -0.25) is 0 Å². The number of hydrogen-bond acceptors (Lipinski definition) is 5. The van der Waals surface area contributed by atoms with Crippen molar-refractivity contribution in [1.82, 2.24) is 9.55 Å². The summed E-state index contributed by atoms with van der Waals surface area (Å²) in [6, 6.07) is 12.7. The molecule has 1 aromatic heterocycles. The van der Waals surface area contributed by atoms with Crippen LogP contribution >= 0.6 is 23.2 Å². The molecule has 0 aliphatic heterocycles. The monoisotopic (exact) mass is 439 g/mol. The van der Waals surface area contributed by atoms with E-state index in [2.05, 4.69) is 4.98 Å². The number of nitrogens with zero attached hydrogens (tertiary/aromatic N) is 3. The number of rotatable bonds is 6. The molecule has 1 heterocycles. The number of hydrogen-bond donors (Lipinski definition) is 2. The van der Waals surface area contributed by atoms with Crippen LogP contribution in [0.1, 0.15) is 11.1 Å². The van der Waals surface area contributed by atoms with Gasteiger partial charge in [-0.25, -0.2) is 4.98 Å². The van der Waals surface area contributed by atoms with Crippen molar-refractivity contribution in [2.45, 2.75) is 18.6 Å². The average molecular weight is 440 g/mol. The number of aromatic nitrogens is 2. The van der Waals surface area contributed by atoms with E-state index in [0.29, 0.717) is 23.0 Å². The van der Waals surface area contributed by atoms with E-state index >= 15 is 0 Å². The van der Waals surface area contributed by atoms with Crippen molar-refractivity contribution in [1.29, 1.82) is 0 Å². The minimum Gasteiger partial charge on any atom is -0.497 e. The van der Waals surface area contributed by atoms with Crippen molar-refractivity contribution in [2.24, 2.45) is 0 Å². The van der Waals surface area contributed by atoms with Crippen LogP contribution in [0, 0.1) is 10.1 Å². The van der Waals surface area contributed by atoms with Gasteiger partial charge in [-0.05, 0) is 35.4 Å². The Morgan fingerprint density at radius 3 is 2.41 bits per heavy atom. The lowest BCUT2D eigenvalue weighted by Gasteiger charge is -2.30. The van der Waals surface area contributed by atoms with Gasteiger partial charge in [-0.15, -0.1) is 10.1 Å². The Labute approximate surface area is 177 Å². The molecule has 154 valence electrons. The van der Waals surface area contributed by atoms with E-state index in [4.69, 9.17) is 43.3 Å². The van der Waals surface area contributed by atoms with E-state index in [-0.39, 0.29) is 0 Å². The summed E-state index contributed by atoms with van der Waals surface area (Å²) in [5.74, 6) is 0.734. The highest BCUT2D eigenvalue weighted by Gasteiger charge is 2.31. The number of halogens is 2. The summed E-state index contributed by atoms with van der Waals surface area (Å²) in [5, 5.41) is 26.2. The molecule has 0 saturated heterocycles.